The molecule has 2 heterocycles. The Hall–Kier alpha value is -11.1. The molecule has 0 N–H and O–H groups in total. The van der Waals surface area contributed by atoms with Gasteiger partial charge in [-0.3, -0.25) is 0 Å². The van der Waals surface area contributed by atoms with Crippen LogP contribution in [0.1, 0.15) is 71.3 Å². The average Bonchev–Trinajstić information content (AvgIpc) is 1.00. The lowest BCUT2D eigenvalue weighted by Gasteiger charge is -2.18. The highest BCUT2D eigenvalue weighted by molar-refractivity contribution is 6.23. The lowest BCUT2D eigenvalue weighted by molar-refractivity contribution is 0.668. The number of fused-ring (bicyclic) bond motifs is 10. The van der Waals surface area contributed by atoms with Gasteiger partial charge < -0.3 is 8.83 Å². The summed E-state index contributed by atoms with van der Waals surface area (Å²) in [4.78, 5) is 0. The van der Waals surface area contributed by atoms with E-state index in [1.54, 1.807) is 0 Å². The number of para-hydroxylation sites is 2. The summed E-state index contributed by atoms with van der Waals surface area (Å²) in [6.07, 6.45) is 0. The van der Waals surface area contributed by atoms with E-state index in [1.807, 2.05) is 0 Å². The highest BCUT2D eigenvalue weighted by Crippen LogP contribution is 2.47. The van der Waals surface area contributed by atoms with Crippen molar-refractivity contribution >= 4 is 87.0 Å². The van der Waals surface area contributed by atoms with Crippen molar-refractivity contribution in [1.29, 1.82) is 0 Å². The van der Waals surface area contributed by atoms with Crippen LogP contribution in [-0.4, -0.2) is 0 Å². The highest BCUT2D eigenvalue weighted by Gasteiger charge is 2.20. The van der Waals surface area contributed by atoms with Gasteiger partial charge in [0.1, 0.15) is 22.3 Å². The molecule has 0 fully saturated rings. The lowest BCUT2D eigenvalue weighted by atomic mass is 9.85. The molecule has 2 heteroatoms. The van der Waals surface area contributed by atoms with Crippen molar-refractivity contribution in [1.82, 2.24) is 0 Å². The van der Waals surface area contributed by atoms with Gasteiger partial charge in [-0.2, -0.15) is 0 Å². The molecule has 15 aromatic carbocycles. The molecular weight excluding hydrogens is 1020 g/mol. The van der Waals surface area contributed by atoms with Gasteiger partial charge in [-0.15, -0.1) is 0 Å². The van der Waals surface area contributed by atoms with E-state index >= 15 is 0 Å². The highest BCUT2D eigenvalue weighted by atomic mass is 16.3. The molecule has 0 aliphatic rings. The van der Waals surface area contributed by atoms with Crippen LogP contribution < -0.4 is 0 Å². The topological polar surface area (TPSA) is 26.3 Å². The number of furan rings is 2. The Bertz CT molecular complexity index is 8290. The van der Waals surface area contributed by atoms with Gasteiger partial charge in [0.2, 0.25) is 0 Å². The summed E-state index contributed by atoms with van der Waals surface area (Å²) in [6.45, 7) is 0. The second kappa shape index (κ2) is 20.5. The summed E-state index contributed by atoms with van der Waals surface area (Å²) in [6, 6.07) is -48.0. The summed E-state index contributed by atoms with van der Waals surface area (Å²) >= 11 is 0. The number of hydrogen-bond acceptors (Lipinski definition) is 2. The van der Waals surface area contributed by atoms with Gasteiger partial charge in [-0.05, 0) is 145 Å². The van der Waals surface area contributed by atoms with Gasteiger partial charge in [0.25, 0.3) is 0 Å². The van der Waals surface area contributed by atoms with Crippen molar-refractivity contribution in [2.24, 2.45) is 0 Å². The van der Waals surface area contributed by atoms with Crippen molar-refractivity contribution < 1.29 is 80.1 Å². The van der Waals surface area contributed by atoms with Gasteiger partial charge >= 0.3 is 0 Å². The molecule has 0 bridgehead atoms. The Morgan fingerprint density at radius 3 is 0.726 bits per heavy atom. The van der Waals surface area contributed by atoms with E-state index in [1.165, 1.54) is 0 Å². The smallest absolute Gasteiger partial charge is 0.136 e. The minimum atomic E-state index is -1.10. The molecule has 0 aliphatic carbocycles. The van der Waals surface area contributed by atoms with Crippen molar-refractivity contribution in [3.8, 4) is 77.9 Å². The van der Waals surface area contributed by atoms with Crippen LogP contribution >= 0.6 is 0 Å². The normalized spacial score (nSPS) is 20.2. The number of rotatable bonds is 7. The molecule has 2 aromatic heterocycles. The SMILES string of the molecule is [2H]c1c([2H])c([2H])c(-c2c([2H])c([2H])c(-c3c4c([2H])c([2H])c([2H])c([2H])c4c(-c4c([2H])c([2H])c(-c5c([2H])c([2H])c([2H])c6oc7c([2H])c([2H])c([2H])c([2H])c7c56)c([2H])c4[2H])c4c([2H])c([2H])c([2H])c([2H])c34)c([2H])c2[2H])c([2H])c1[2H].[2H]c1c([2H])c([2H])c(-c2c3c([2H])c([2H])c([2H])c([2H])c3c(-c3c([2H])c([2H])c(-c4c([2H])c([2H])c([2H])c5oc6c([2H])c([2H])c([2H])c([2H])c6c45)c([2H])c3[2H])c3c([2H])c([2H])c([2H])c([2H])c23)c([2H])c1[2H]. The third-order valence-electron chi connectivity index (χ3n) is 13.3. The minimum absolute atomic E-state index is 0.402. The average molecular weight is 1120 g/mol. The van der Waals surface area contributed by atoms with Crippen LogP contribution in [0.25, 0.3) is 165 Å². The number of benzene rings is 15. The Labute approximate surface area is 559 Å². The second-order valence-electron chi connectivity index (χ2n) is 17.8. The molecule has 0 saturated carbocycles. The zero-order valence-corrected chi connectivity index (χ0v) is 41.8. The first-order valence-electron chi connectivity index (χ1n) is 50.6. The van der Waals surface area contributed by atoms with Crippen LogP contribution in [0.2, 0.25) is 0 Å². The lowest BCUT2D eigenvalue weighted by Crippen LogP contribution is -1.91. The molecule has 2 nitrogen and oxygen atoms in total. The van der Waals surface area contributed by atoms with Crippen LogP contribution in [0.5, 0.6) is 0 Å². The van der Waals surface area contributed by atoms with E-state index < -0.39 is 479 Å². The van der Waals surface area contributed by atoms with Crippen LogP contribution in [0.15, 0.2) is 323 Å². The molecule has 0 amide bonds. The molecule has 17 aromatic rings. The predicted octanol–water partition coefficient (Wildman–Crippen LogP) is 23.5. The fourth-order valence-corrected chi connectivity index (χ4v) is 9.78. The van der Waals surface area contributed by atoms with Crippen LogP contribution in [-0.2, 0) is 0 Å². The van der Waals surface area contributed by atoms with Crippen molar-refractivity contribution in [3.05, 3.63) is 314 Å². The maximum absolute atomic E-state index is 9.57. The molecule has 17 rings (SSSR count). The summed E-state index contributed by atoms with van der Waals surface area (Å²) < 4.78 is 472. The Morgan fingerprint density at radius 1 is 0.167 bits per heavy atom. The molecule has 392 valence electrons. The molecule has 0 saturated heterocycles. The van der Waals surface area contributed by atoms with Gasteiger partial charge in [0.05, 0.1) is 71.3 Å². The molecule has 0 aliphatic heterocycles. The minimum Gasteiger partial charge on any atom is -0.456 e. The Balaban J connectivity index is 0.000000199. The van der Waals surface area contributed by atoms with E-state index in [0.29, 0.717) is 0 Å². The van der Waals surface area contributed by atoms with Gasteiger partial charge in [-0.25, -0.2) is 0 Å². The first-order valence-corrected chi connectivity index (χ1v) is 24.6. The maximum atomic E-state index is 9.57. The standard InChI is InChI=1S/C44H28O.C38H24O/c1-2-11-29(12-3-1)30-21-25-32(26-22-30)42-35-13-4-6-15-37(35)43(38-16-7-5-14-36(38)42)33-27-23-31(24-28-33)34-18-10-20-41-44(34)39-17-8-9-19-40(39)45-41;1-2-11-26(12-3-1)36-29-13-4-6-15-31(29)37(32-16-7-5-14-30(32)36)27-23-21-25(22-24-27)28-18-10-20-35-38(28)33-17-8-9-19-34(33)39-35/h1-28H;1-24H/i1D,2D,3D,4D,5D,6D,7D,8D,9D,10D,11D,12D,13D,14D,15D,16D,17D,18D,19D,20D,21D,22D,23D,24D,25D,26D,27D,28D;1D,2D,3D,4D,5D,6D,7D,8D,9D,10D,11D,12D,13D,14D,15D,16D,17D,18D,19D,20D,21D,22D,23D,24D. The van der Waals surface area contributed by atoms with Gasteiger partial charge in [0, 0.05) is 21.5 Å². The third-order valence-corrected chi connectivity index (χ3v) is 13.3. The van der Waals surface area contributed by atoms with E-state index in [4.69, 9.17) is 58.2 Å². The van der Waals surface area contributed by atoms with Gasteiger partial charge in [0.15, 0.2) is 0 Å². The van der Waals surface area contributed by atoms with E-state index in [0.717, 1.165) is 0 Å². The monoisotopic (exact) mass is 1120 g/mol. The molecule has 0 spiro atoms. The summed E-state index contributed by atoms with van der Waals surface area (Å²) in [7, 11) is 0. The Morgan fingerprint density at radius 2 is 0.393 bits per heavy atom. The quantitative estimate of drug-likeness (QED) is 0.149. The fraction of sp³-hybridized carbons (Fsp3) is 0. The van der Waals surface area contributed by atoms with E-state index in [2.05, 4.69) is 0 Å². The molecule has 0 atom stereocenters. The zero-order valence-electron chi connectivity index (χ0n) is 93.8. The second-order valence-corrected chi connectivity index (χ2v) is 17.8. The maximum Gasteiger partial charge on any atom is 0.136 e. The van der Waals surface area contributed by atoms with E-state index in [9.17, 15) is 21.9 Å². The Kier molecular flexibility index (Phi) is 4.70. The fourth-order valence-electron chi connectivity index (χ4n) is 9.78. The van der Waals surface area contributed by atoms with Crippen molar-refractivity contribution in [2.45, 2.75) is 0 Å². The van der Waals surface area contributed by atoms with Crippen LogP contribution in [0.4, 0.5) is 0 Å². The molecule has 84 heavy (non-hydrogen) atoms. The van der Waals surface area contributed by atoms with Crippen LogP contribution in [0.3, 0.4) is 0 Å². The predicted molar refractivity (Wildman–Crippen MR) is 356 cm³/mol. The largest absolute Gasteiger partial charge is 0.456 e. The summed E-state index contributed by atoms with van der Waals surface area (Å²) in [5.41, 5.74) is -12.6. The first kappa shape index (κ1) is 19.3. The number of hydrogen-bond donors (Lipinski definition) is 0. The zero-order chi connectivity index (χ0) is 101. The van der Waals surface area contributed by atoms with Gasteiger partial charge in [-0.1, -0.05) is 290 Å². The van der Waals surface area contributed by atoms with Crippen molar-refractivity contribution in [3.63, 3.8) is 0 Å². The molecule has 0 unspecified atom stereocenters. The van der Waals surface area contributed by atoms with E-state index in [-0.39, 0.29) is 0 Å². The third kappa shape index (κ3) is 8.26. The molecule has 0 radical (unpaired) electrons. The first-order chi connectivity index (χ1) is 63.3. The summed E-state index contributed by atoms with van der Waals surface area (Å²) in [5.74, 6) is 0. The van der Waals surface area contributed by atoms with Crippen LogP contribution in [0, 0.1) is 0 Å². The molecular formula is C82H52O2. The summed E-state index contributed by atoms with van der Waals surface area (Å²) in [5, 5.41) is -7.47. The van der Waals surface area contributed by atoms with Crippen molar-refractivity contribution in [2.75, 3.05) is 0 Å².